The Morgan fingerprint density at radius 3 is 3.00 bits per heavy atom. The molecule has 21 heavy (non-hydrogen) atoms. The van der Waals surface area contributed by atoms with Crippen LogP contribution in [0.3, 0.4) is 0 Å². The number of nitrogens with zero attached hydrogens (tertiary/aromatic N) is 3. The van der Waals surface area contributed by atoms with E-state index in [1.807, 2.05) is 19.2 Å². The molecule has 1 unspecified atom stereocenters. The highest BCUT2D eigenvalue weighted by atomic mass is 32.1. The summed E-state index contributed by atoms with van der Waals surface area (Å²) >= 11 is 1.81. The second kappa shape index (κ2) is 6.20. The fourth-order valence-corrected chi connectivity index (χ4v) is 3.93. The summed E-state index contributed by atoms with van der Waals surface area (Å²) < 4.78 is 0. The van der Waals surface area contributed by atoms with Gasteiger partial charge in [0.1, 0.15) is 16.5 Å². The average molecular weight is 302 g/mol. The second-order valence-electron chi connectivity index (χ2n) is 5.97. The van der Waals surface area contributed by atoms with Crippen LogP contribution in [0.15, 0.2) is 12.3 Å². The predicted octanol–water partition coefficient (Wildman–Crippen LogP) is 3.33. The molecule has 3 rings (SSSR count). The summed E-state index contributed by atoms with van der Waals surface area (Å²) in [6, 6.07) is 2.48. The molecule has 0 fully saturated rings. The van der Waals surface area contributed by atoms with E-state index in [0.717, 1.165) is 29.5 Å². The van der Waals surface area contributed by atoms with Crippen LogP contribution < -0.4 is 5.32 Å². The quantitative estimate of drug-likeness (QED) is 0.941. The van der Waals surface area contributed by atoms with Crippen molar-refractivity contribution < 1.29 is 0 Å². The summed E-state index contributed by atoms with van der Waals surface area (Å²) in [6.07, 6.45) is 5.48. The highest BCUT2D eigenvalue weighted by Crippen LogP contribution is 2.37. The normalized spacial score (nSPS) is 18.0. The first-order chi connectivity index (χ1) is 10.1. The van der Waals surface area contributed by atoms with Crippen molar-refractivity contribution in [2.45, 2.75) is 52.0 Å². The van der Waals surface area contributed by atoms with Gasteiger partial charge < -0.3 is 5.32 Å². The molecule has 0 amide bonds. The SMILES string of the molecule is Cc1nccc(-c2nc3c(s2)CCCC3CNC(C)C)n1. The van der Waals surface area contributed by atoms with Crippen molar-refractivity contribution in [3.8, 4) is 10.7 Å². The first-order valence-electron chi connectivity index (χ1n) is 7.66. The molecule has 1 aliphatic rings. The molecule has 5 heteroatoms. The van der Waals surface area contributed by atoms with Gasteiger partial charge in [0.2, 0.25) is 0 Å². The second-order valence-corrected chi connectivity index (χ2v) is 7.05. The Kier molecular flexibility index (Phi) is 4.31. The lowest BCUT2D eigenvalue weighted by Crippen LogP contribution is -2.29. The Bertz CT molecular complexity index is 620. The topological polar surface area (TPSA) is 50.7 Å². The number of nitrogens with one attached hydrogen (secondary N) is 1. The number of rotatable bonds is 4. The molecule has 0 radical (unpaired) electrons. The summed E-state index contributed by atoms with van der Waals surface area (Å²) in [6.45, 7) is 7.34. The smallest absolute Gasteiger partial charge is 0.142 e. The van der Waals surface area contributed by atoms with E-state index in [1.54, 1.807) is 11.3 Å². The van der Waals surface area contributed by atoms with E-state index in [-0.39, 0.29) is 0 Å². The van der Waals surface area contributed by atoms with E-state index in [2.05, 4.69) is 29.1 Å². The van der Waals surface area contributed by atoms with E-state index in [1.165, 1.54) is 23.4 Å². The van der Waals surface area contributed by atoms with E-state index in [0.29, 0.717) is 12.0 Å². The third kappa shape index (κ3) is 3.30. The van der Waals surface area contributed by atoms with Gasteiger partial charge in [0.25, 0.3) is 0 Å². The van der Waals surface area contributed by atoms with Crippen LogP contribution in [0.5, 0.6) is 0 Å². The molecular formula is C16H22N4S. The summed E-state index contributed by atoms with van der Waals surface area (Å²) in [5, 5.41) is 4.60. The number of thiazole rings is 1. The van der Waals surface area contributed by atoms with Gasteiger partial charge in [-0.25, -0.2) is 15.0 Å². The van der Waals surface area contributed by atoms with Crippen LogP contribution >= 0.6 is 11.3 Å². The summed E-state index contributed by atoms with van der Waals surface area (Å²) in [7, 11) is 0. The van der Waals surface area contributed by atoms with Gasteiger partial charge in [-0.3, -0.25) is 0 Å². The molecule has 1 N–H and O–H groups in total. The van der Waals surface area contributed by atoms with E-state index in [4.69, 9.17) is 4.98 Å². The Labute approximate surface area is 130 Å². The minimum absolute atomic E-state index is 0.526. The Balaban J connectivity index is 1.87. The van der Waals surface area contributed by atoms with Crippen molar-refractivity contribution in [1.82, 2.24) is 20.3 Å². The third-order valence-corrected chi connectivity index (χ3v) is 4.99. The largest absolute Gasteiger partial charge is 0.314 e. The molecule has 4 nitrogen and oxygen atoms in total. The fraction of sp³-hybridized carbons (Fsp3) is 0.562. The highest BCUT2D eigenvalue weighted by Gasteiger charge is 2.25. The molecule has 2 heterocycles. The molecule has 112 valence electrons. The van der Waals surface area contributed by atoms with Crippen molar-refractivity contribution >= 4 is 11.3 Å². The molecule has 2 aromatic rings. The van der Waals surface area contributed by atoms with Crippen molar-refractivity contribution in [2.24, 2.45) is 0 Å². The molecule has 0 bridgehead atoms. The highest BCUT2D eigenvalue weighted by molar-refractivity contribution is 7.15. The number of fused-ring (bicyclic) bond motifs is 1. The van der Waals surface area contributed by atoms with Crippen LogP contribution in [0.2, 0.25) is 0 Å². The van der Waals surface area contributed by atoms with Crippen LogP contribution in [0, 0.1) is 6.92 Å². The van der Waals surface area contributed by atoms with Gasteiger partial charge in [-0.05, 0) is 32.3 Å². The number of hydrogen-bond donors (Lipinski definition) is 1. The Hall–Kier alpha value is -1.33. The summed E-state index contributed by atoms with van der Waals surface area (Å²) in [5.74, 6) is 1.35. The van der Waals surface area contributed by atoms with E-state index < -0.39 is 0 Å². The summed E-state index contributed by atoms with van der Waals surface area (Å²) in [4.78, 5) is 15.0. The number of aryl methyl sites for hydroxylation is 2. The van der Waals surface area contributed by atoms with Crippen LogP contribution in [-0.2, 0) is 6.42 Å². The molecule has 0 aliphatic heterocycles. The minimum atomic E-state index is 0.526. The van der Waals surface area contributed by atoms with Gasteiger partial charge in [0.15, 0.2) is 0 Å². The van der Waals surface area contributed by atoms with E-state index in [9.17, 15) is 0 Å². The van der Waals surface area contributed by atoms with Crippen LogP contribution in [0.4, 0.5) is 0 Å². The van der Waals surface area contributed by atoms with Gasteiger partial charge in [0.05, 0.1) is 5.69 Å². The fourth-order valence-electron chi connectivity index (χ4n) is 2.77. The van der Waals surface area contributed by atoms with Crippen molar-refractivity contribution in [3.63, 3.8) is 0 Å². The maximum atomic E-state index is 4.91. The minimum Gasteiger partial charge on any atom is -0.314 e. The lowest BCUT2D eigenvalue weighted by molar-refractivity contribution is 0.475. The van der Waals surface area contributed by atoms with Gasteiger partial charge in [0, 0.05) is 29.6 Å². The first-order valence-corrected chi connectivity index (χ1v) is 8.48. The van der Waals surface area contributed by atoms with Crippen LogP contribution in [-0.4, -0.2) is 27.5 Å². The van der Waals surface area contributed by atoms with Crippen LogP contribution in [0.25, 0.3) is 10.7 Å². The summed E-state index contributed by atoms with van der Waals surface area (Å²) in [5.41, 5.74) is 2.25. The monoisotopic (exact) mass is 302 g/mol. The van der Waals surface area contributed by atoms with Crippen molar-refractivity contribution in [3.05, 3.63) is 28.7 Å². The Morgan fingerprint density at radius 1 is 1.38 bits per heavy atom. The van der Waals surface area contributed by atoms with Gasteiger partial charge in [-0.15, -0.1) is 11.3 Å². The molecule has 0 spiro atoms. The van der Waals surface area contributed by atoms with Gasteiger partial charge in [-0.1, -0.05) is 13.8 Å². The van der Waals surface area contributed by atoms with Crippen molar-refractivity contribution in [1.29, 1.82) is 0 Å². The standard InChI is InChI=1S/C16H22N4S/c1-10(2)18-9-12-5-4-6-14-15(12)20-16(21-14)13-7-8-17-11(3)19-13/h7-8,10,12,18H,4-6,9H2,1-3H3. The number of aromatic nitrogens is 3. The number of hydrogen-bond acceptors (Lipinski definition) is 5. The molecule has 0 saturated carbocycles. The molecule has 1 atom stereocenters. The predicted molar refractivity (Wildman–Crippen MR) is 86.7 cm³/mol. The average Bonchev–Trinajstić information content (AvgIpc) is 2.89. The zero-order valence-electron chi connectivity index (χ0n) is 12.9. The lowest BCUT2D eigenvalue weighted by Gasteiger charge is -2.22. The Morgan fingerprint density at radius 2 is 2.24 bits per heavy atom. The van der Waals surface area contributed by atoms with E-state index >= 15 is 0 Å². The maximum Gasteiger partial charge on any atom is 0.142 e. The van der Waals surface area contributed by atoms with Crippen molar-refractivity contribution in [2.75, 3.05) is 6.54 Å². The molecule has 0 saturated heterocycles. The van der Waals surface area contributed by atoms with Gasteiger partial charge >= 0.3 is 0 Å². The third-order valence-electron chi connectivity index (χ3n) is 3.84. The maximum absolute atomic E-state index is 4.91. The molecule has 0 aromatic carbocycles. The molecule has 1 aliphatic carbocycles. The molecular weight excluding hydrogens is 280 g/mol. The zero-order valence-corrected chi connectivity index (χ0v) is 13.7. The molecule has 2 aromatic heterocycles. The van der Waals surface area contributed by atoms with Gasteiger partial charge in [-0.2, -0.15) is 0 Å². The first kappa shape index (κ1) is 14.6. The van der Waals surface area contributed by atoms with Crippen LogP contribution in [0.1, 0.15) is 49.0 Å². The lowest BCUT2D eigenvalue weighted by atomic mass is 9.91. The zero-order chi connectivity index (χ0) is 14.8.